The van der Waals surface area contributed by atoms with Crippen LogP contribution in [0.15, 0.2) is 12.7 Å². The van der Waals surface area contributed by atoms with Crippen molar-refractivity contribution in [1.29, 1.82) is 0 Å². The van der Waals surface area contributed by atoms with Gasteiger partial charge in [0.05, 0.1) is 0 Å². The smallest absolute Gasteiger partial charge is 0.185 e. The van der Waals surface area contributed by atoms with Gasteiger partial charge in [0.25, 0.3) is 0 Å². The first-order chi connectivity index (χ1) is 9.33. The standard InChI is InChI=1S/C6H12N4S2.C2H6N4S2/c1-3-4-8-6(12)10-9-5(11)7-2;3-1(7)5-6-2(4)8/h3H,1,4H2,2H3,(H2,7,9,11)(H2,8,10,12);(H3,3,5,7)(H3,4,6,8). The van der Waals surface area contributed by atoms with Crippen molar-refractivity contribution in [3.8, 4) is 0 Å². The predicted octanol–water partition coefficient (Wildman–Crippen LogP) is -1.79. The van der Waals surface area contributed by atoms with Crippen LogP contribution >= 0.6 is 48.9 Å². The predicted molar refractivity (Wildman–Crippen MR) is 98.6 cm³/mol. The lowest BCUT2D eigenvalue weighted by Gasteiger charge is -2.11. The molecule has 0 heterocycles. The van der Waals surface area contributed by atoms with Crippen LogP contribution in [0.2, 0.25) is 0 Å². The number of rotatable bonds is 2. The zero-order valence-electron chi connectivity index (χ0n) is 10.8. The first-order valence-corrected chi connectivity index (χ1v) is 6.70. The zero-order chi connectivity index (χ0) is 16.0. The second-order valence-electron chi connectivity index (χ2n) is 2.81. The second-order valence-corrected chi connectivity index (χ2v) is 4.50. The quantitative estimate of drug-likeness (QED) is 0.162. The highest BCUT2D eigenvalue weighted by Crippen LogP contribution is 1.65. The second kappa shape index (κ2) is 13.9. The lowest BCUT2D eigenvalue weighted by atomic mass is 10.6. The maximum atomic E-state index is 4.98. The normalized spacial score (nSPS) is 7.85. The Hall–Kier alpha value is -1.50. The molecule has 0 aromatic rings. The van der Waals surface area contributed by atoms with E-state index in [1.54, 1.807) is 13.1 Å². The van der Waals surface area contributed by atoms with Crippen LogP contribution in [0, 0.1) is 0 Å². The third-order valence-corrected chi connectivity index (χ3v) is 1.99. The molecular weight excluding hydrogens is 336 g/mol. The van der Waals surface area contributed by atoms with Gasteiger partial charge in [-0.1, -0.05) is 6.08 Å². The summed E-state index contributed by atoms with van der Waals surface area (Å²) in [6, 6.07) is 0. The average Bonchev–Trinajstić information content (AvgIpc) is 2.40. The summed E-state index contributed by atoms with van der Waals surface area (Å²) in [6.07, 6.45) is 1.71. The van der Waals surface area contributed by atoms with Gasteiger partial charge in [0.15, 0.2) is 20.4 Å². The molecule has 12 heteroatoms. The van der Waals surface area contributed by atoms with Crippen molar-refractivity contribution < 1.29 is 0 Å². The summed E-state index contributed by atoms with van der Waals surface area (Å²) in [7, 11) is 1.72. The van der Waals surface area contributed by atoms with Crippen molar-refractivity contribution in [2.24, 2.45) is 11.5 Å². The molecule has 0 atom stereocenters. The van der Waals surface area contributed by atoms with Gasteiger partial charge < -0.3 is 22.1 Å². The van der Waals surface area contributed by atoms with Gasteiger partial charge >= 0.3 is 0 Å². The molecule has 0 unspecified atom stereocenters. The maximum Gasteiger partial charge on any atom is 0.185 e. The van der Waals surface area contributed by atoms with Crippen molar-refractivity contribution in [1.82, 2.24) is 32.3 Å². The molecular formula is C8H18N8S4. The summed E-state index contributed by atoms with van der Waals surface area (Å²) in [6.45, 7) is 4.16. The Morgan fingerprint density at radius 1 is 0.950 bits per heavy atom. The Morgan fingerprint density at radius 2 is 1.40 bits per heavy atom. The highest BCUT2D eigenvalue weighted by molar-refractivity contribution is 7.81. The van der Waals surface area contributed by atoms with E-state index in [1.165, 1.54) is 0 Å². The first kappa shape index (κ1) is 20.8. The van der Waals surface area contributed by atoms with Crippen molar-refractivity contribution in [2.45, 2.75) is 0 Å². The van der Waals surface area contributed by atoms with Gasteiger partial charge in [-0.15, -0.1) is 6.58 Å². The minimum absolute atomic E-state index is 0.109. The van der Waals surface area contributed by atoms with E-state index in [1.807, 2.05) is 0 Å². The van der Waals surface area contributed by atoms with Crippen LogP contribution in [-0.2, 0) is 0 Å². The van der Waals surface area contributed by atoms with Crippen LogP contribution in [0.3, 0.4) is 0 Å². The average molecular weight is 355 g/mol. The Balaban J connectivity index is 0. The molecule has 0 aliphatic heterocycles. The number of thiocarbonyl (C=S) groups is 4. The van der Waals surface area contributed by atoms with Gasteiger partial charge in [-0.25, -0.2) is 0 Å². The number of nitrogens with two attached hydrogens (primary N) is 2. The van der Waals surface area contributed by atoms with Crippen molar-refractivity contribution in [2.75, 3.05) is 13.6 Å². The van der Waals surface area contributed by atoms with Gasteiger partial charge in [0.1, 0.15) is 0 Å². The molecule has 0 spiro atoms. The number of hydrazine groups is 2. The third kappa shape index (κ3) is 18.9. The van der Waals surface area contributed by atoms with Crippen molar-refractivity contribution >= 4 is 69.3 Å². The highest BCUT2D eigenvalue weighted by Gasteiger charge is 1.92. The van der Waals surface area contributed by atoms with Gasteiger partial charge in [-0.3, -0.25) is 21.7 Å². The van der Waals surface area contributed by atoms with E-state index in [2.05, 4.69) is 63.4 Å². The monoisotopic (exact) mass is 354 g/mol. The molecule has 0 aliphatic carbocycles. The van der Waals surface area contributed by atoms with E-state index < -0.39 is 0 Å². The van der Waals surface area contributed by atoms with Crippen LogP contribution < -0.4 is 43.8 Å². The molecule has 0 saturated carbocycles. The first-order valence-electron chi connectivity index (χ1n) is 5.06. The van der Waals surface area contributed by atoms with E-state index >= 15 is 0 Å². The van der Waals surface area contributed by atoms with Crippen LogP contribution in [0.5, 0.6) is 0 Å². The van der Waals surface area contributed by atoms with E-state index in [4.69, 9.17) is 35.9 Å². The Bertz CT molecular complexity index is 344. The Morgan fingerprint density at radius 3 is 1.75 bits per heavy atom. The van der Waals surface area contributed by atoms with E-state index in [9.17, 15) is 0 Å². The fourth-order valence-electron chi connectivity index (χ4n) is 0.508. The fraction of sp³-hybridized carbons (Fsp3) is 0.250. The molecule has 0 radical (unpaired) electrons. The van der Waals surface area contributed by atoms with Crippen molar-refractivity contribution in [3.05, 3.63) is 12.7 Å². The molecule has 0 bridgehead atoms. The lowest BCUT2D eigenvalue weighted by Crippen LogP contribution is -2.49. The van der Waals surface area contributed by atoms with Gasteiger partial charge in [0.2, 0.25) is 0 Å². The summed E-state index contributed by atoms with van der Waals surface area (Å²) in [5.41, 5.74) is 20.0. The molecule has 114 valence electrons. The molecule has 0 amide bonds. The SMILES string of the molecule is C=CCNC(=S)NNC(=S)NC.NC(=S)NNC(N)=S. The largest absolute Gasteiger partial charge is 0.375 e. The molecule has 20 heavy (non-hydrogen) atoms. The molecule has 0 aromatic carbocycles. The topological polar surface area (TPSA) is 124 Å². The fourth-order valence-corrected chi connectivity index (χ4v) is 0.796. The van der Waals surface area contributed by atoms with Crippen LogP contribution in [-0.4, -0.2) is 34.0 Å². The number of hydrogen-bond acceptors (Lipinski definition) is 4. The lowest BCUT2D eigenvalue weighted by molar-refractivity contribution is 0.817. The Labute approximate surface area is 139 Å². The summed E-state index contributed by atoms with van der Waals surface area (Å²) in [5, 5.41) is 6.77. The van der Waals surface area contributed by atoms with Crippen LogP contribution in [0.4, 0.5) is 0 Å². The Kier molecular flexibility index (Phi) is 14.5. The molecule has 10 N–H and O–H groups in total. The molecule has 0 saturated heterocycles. The van der Waals surface area contributed by atoms with E-state index in [0.717, 1.165) is 0 Å². The van der Waals surface area contributed by atoms with Crippen LogP contribution in [0.1, 0.15) is 0 Å². The molecule has 0 aromatic heterocycles. The van der Waals surface area contributed by atoms with Gasteiger partial charge in [-0.2, -0.15) is 0 Å². The number of hydrogen-bond donors (Lipinski definition) is 8. The summed E-state index contributed by atoms with van der Waals surface area (Å²) < 4.78 is 0. The number of nitrogens with one attached hydrogen (secondary N) is 6. The molecule has 0 aliphatic rings. The molecule has 0 fully saturated rings. The van der Waals surface area contributed by atoms with Crippen molar-refractivity contribution in [3.63, 3.8) is 0 Å². The summed E-state index contributed by atoms with van der Waals surface area (Å²) in [5.74, 6) is 0. The summed E-state index contributed by atoms with van der Waals surface area (Å²) >= 11 is 18.5. The maximum absolute atomic E-state index is 4.98. The third-order valence-electron chi connectivity index (χ3n) is 1.23. The highest BCUT2D eigenvalue weighted by atomic mass is 32.1. The minimum atomic E-state index is 0.109. The van der Waals surface area contributed by atoms with E-state index in [-0.39, 0.29) is 10.2 Å². The summed E-state index contributed by atoms with van der Waals surface area (Å²) in [4.78, 5) is 0. The van der Waals surface area contributed by atoms with E-state index in [0.29, 0.717) is 16.8 Å². The van der Waals surface area contributed by atoms with Crippen LogP contribution in [0.25, 0.3) is 0 Å². The minimum Gasteiger partial charge on any atom is -0.375 e. The van der Waals surface area contributed by atoms with Gasteiger partial charge in [0, 0.05) is 13.6 Å². The zero-order valence-corrected chi connectivity index (χ0v) is 14.0. The molecule has 8 nitrogen and oxygen atoms in total. The molecule has 0 rings (SSSR count). The van der Waals surface area contributed by atoms with Gasteiger partial charge in [-0.05, 0) is 48.9 Å².